The highest BCUT2D eigenvalue weighted by molar-refractivity contribution is 6.32. The van der Waals surface area contributed by atoms with E-state index in [1.54, 1.807) is 0 Å². The van der Waals surface area contributed by atoms with Crippen molar-refractivity contribution in [3.63, 3.8) is 0 Å². The SMILES string of the molecule is NCC(=O)c1cc(Cl)c(O)c(F)c1F. The van der Waals surface area contributed by atoms with Gasteiger partial charge in [-0.15, -0.1) is 0 Å². The quantitative estimate of drug-likeness (QED) is 0.587. The van der Waals surface area contributed by atoms with Gasteiger partial charge in [0, 0.05) is 0 Å². The first-order chi connectivity index (χ1) is 6.49. The highest BCUT2D eigenvalue weighted by Gasteiger charge is 2.20. The van der Waals surface area contributed by atoms with Crippen LogP contribution in [0.25, 0.3) is 0 Å². The predicted molar refractivity (Wildman–Crippen MR) is 46.4 cm³/mol. The zero-order valence-electron chi connectivity index (χ0n) is 6.85. The van der Waals surface area contributed by atoms with Crippen molar-refractivity contribution in [2.24, 2.45) is 5.73 Å². The molecule has 0 radical (unpaired) electrons. The minimum Gasteiger partial charge on any atom is -0.504 e. The summed E-state index contributed by atoms with van der Waals surface area (Å²) in [4.78, 5) is 11.0. The lowest BCUT2D eigenvalue weighted by Crippen LogP contribution is -2.15. The van der Waals surface area contributed by atoms with E-state index in [1.165, 1.54) is 0 Å². The lowest BCUT2D eigenvalue weighted by atomic mass is 10.1. The fourth-order valence-electron chi connectivity index (χ4n) is 0.898. The zero-order chi connectivity index (χ0) is 10.9. The van der Waals surface area contributed by atoms with Crippen molar-refractivity contribution in [3.8, 4) is 5.75 Å². The number of aromatic hydroxyl groups is 1. The summed E-state index contributed by atoms with van der Waals surface area (Å²) in [6, 6.07) is 0.838. The standard InChI is InChI=1S/C8H6ClF2NO2/c9-4-1-3(5(13)2-12)6(10)7(11)8(4)14/h1,14H,2,12H2. The molecule has 0 spiro atoms. The van der Waals surface area contributed by atoms with E-state index in [4.69, 9.17) is 22.4 Å². The summed E-state index contributed by atoms with van der Waals surface area (Å²) < 4.78 is 25.9. The molecule has 6 heteroatoms. The van der Waals surface area contributed by atoms with Gasteiger partial charge in [-0.05, 0) is 6.07 Å². The number of phenolic OH excluding ortho intramolecular Hbond substituents is 1. The average molecular weight is 222 g/mol. The Kier molecular flexibility index (Phi) is 3.03. The first-order valence-corrected chi connectivity index (χ1v) is 3.96. The van der Waals surface area contributed by atoms with E-state index in [0.29, 0.717) is 0 Å². The third kappa shape index (κ3) is 1.69. The van der Waals surface area contributed by atoms with Gasteiger partial charge in [0.25, 0.3) is 0 Å². The van der Waals surface area contributed by atoms with Crippen LogP contribution in [0.3, 0.4) is 0 Å². The van der Waals surface area contributed by atoms with Crippen LogP contribution < -0.4 is 5.73 Å². The van der Waals surface area contributed by atoms with Crippen molar-refractivity contribution in [2.45, 2.75) is 0 Å². The lowest BCUT2D eigenvalue weighted by Gasteiger charge is -2.04. The van der Waals surface area contributed by atoms with Gasteiger partial charge in [-0.1, -0.05) is 11.6 Å². The van der Waals surface area contributed by atoms with Crippen molar-refractivity contribution in [1.29, 1.82) is 0 Å². The molecule has 0 aromatic heterocycles. The Bertz CT molecular complexity index is 395. The summed E-state index contributed by atoms with van der Waals surface area (Å²) in [6.07, 6.45) is 0. The van der Waals surface area contributed by atoms with E-state index in [1.807, 2.05) is 0 Å². The van der Waals surface area contributed by atoms with Gasteiger partial charge in [0.15, 0.2) is 17.3 Å². The highest BCUT2D eigenvalue weighted by atomic mass is 35.5. The Labute approximate surface area is 83.1 Å². The summed E-state index contributed by atoms with van der Waals surface area (Å²) >= 11 is 5.34. The summed E-state index contributed by atoms with van der Waals surface area (Å²) in [5.74, 6) is -4.79. The largest absolute Gasteiger partial charge is 0.504 e. The van der Waals surface area contributed by atoms with Gasteiger partial charge in [-0.25, -0.2) is 4.39 Å². The van der Waals surface area contributed by atoms with Crippen molar-refractivity contribution >= 4 is 17.4 Å². The minimum atomic E-state index is -1.55. The number of hydrogen-bond donors (Lipinski definition) is 2. The molecule has 0 amide bonds. The van der Waals surface area contributed by atoms with Crippen LogP contribution in [0.2, 0.25) is 5.02 Å². The molecular formula is C8H6ClF2NO2. The maximum atomic E-state index is 13.0. The number of nitrogens with two attached hydrogens (primary N) is 1. The average Bonchev–Trinajstić information content (AvgIpc) is 2.19. The normalized spacial score (nSPS) is 10.3. The van der Waals surface area contributed by atoms with Gasteiger partial charge in [-0.2, -0.15) is 4.39 Å². The monoisotopic (exact) mass is 221 g/mol. The zero-order valence-corrected chi connectivity index (χ0v) is 7.61. The summed E-state index contributed by atoms with van der Waals surface area (Å²) in [5, 5.41) is 8.45. The number of phenols is 1. The van der Waals surface area contributed by atoms with E-state index in [0.717, 1.165) is 6.07 Å². The minimum absolute atomic E-state index is 0.430. The molecule has 3 N–H and O–H groups in total. The second kappa shape index (κ2) is 3.89. The molecule has 0 unspecified atom stereocenters. The predicted octanol–water partition coefficient (Wildman–Crippen LogP) is 1.47. The van der Waals surface area contributed by atoms with Crippen LogP contribution in [0.5, 0.6) is 5.75 Å². The summed E-state index contributed by atoms with van der Waals surface area (Å²) in [5.41, 5.74) is 4.40. The molecule has 0 atom stereocenters. The van der Waals surface area contributed by atoms with Gasteiger partial charge in [0.05, 0.1) is 17.1 Å². The Morgan fingerprint density at radius 2 is 2.07 bits per heavy atom. The maximum Gasteiger partial charge on any atom is 0.202 e. The number of carbonyl (C=O) groups is 1. The van der Waals surface area contributed by atoms with Crippen LogP contribution in [-0.2, 0) is 0 Å². The number of hydrogen-bond acceptors (Lipinski definition) is 3. The first kappa shape index (κ1) is 10.9. The molecule has 3 nitrogen and oxygen atoms in total. The van der Waals surface area contributed by atoms with E-state index in [-0.39, 0.29) is 0 Å². The Balaban J connectivity index is 3.40. The molecule has 0 heterocycles. The summed E-state index contributed by atoms with van der Waals surface area (Å²) in [6.45, 7) is -0.461. The van der Waals surface area contributed by atoms with Crippen LogP contribution in [0.4, 0.5) is 8.78 Å². The lowest BCUT2D eigenvalue weighted by molar-refractivity contribution is 0.0996. The summed E-state index contributed by atoms with van der Waals surface area (Å²) in [7, 11) is 0. The van der Waals surface area contributed by atoms with E-state index in [9.17, 15) is 13.6 Å². The van der Waals surface area contributed by atoms with Crippen LogP contribution in [0.15, 0.2) is 6.07 Å². The van der Waals surface area contributed by atoms with E-state index < -0.39 is 40.3 Å². The molecule has 0 saturated heterocycles. The number of halogens is 3. The number of rotatable bonds is 2. The van der Waals surface area contributed by atoms with Crippen LogP contribution in [-0.4, -0.2) is 17.4 Å². The van der Waals surface area contributed by atoms with Crippen molar-refractivity contribution < 1.29 is 18.7 Å². The molecule has 1 aromatic rings. The molecule has 0 aliphatic carbocycles. The Morgan fingerprint density at radius 3 is 2.57 bits per heavy atom. The van der Waals surface area contributed by atoms with Crippen molar-refractivity contribution in [2.75, 3.05) is 6.54 Å². The molecule has 0 aliphatic rings. The van der Waals surface area contributed by atoms with Crippen LogP contribution >= 0.6 is 11.6 Å². The van der Waals surface area contributed by atoms with Gasteiger partial charge in [0.1, 0.15) is 0 Å². The Hall–Kier alpha value is -1.20. The van der Waals surface area contributed by atoms with Crippen LogP contribution in [0.1, 0.15) is 10.4 Å². The first-order valence-electron chi connectivity index (χ1n) is 3.58. The molecule has 1 rings (SSSR count). The molecule has 0 aliphatic heterocycles. The van der Waals surface area contributed by atoms with E-state index in [2.05, 4.69) is 0 Å². The van der Waals surface area contributed by atoms with Gasteiger partial charge >= 0.3 is 0 Å². The molecule has 0 fully saturated rings. The van der Waals surface area contributed by atoms with Crippen LogP contribution in [0, 0.1) is 11.6 Å². The third-order valence-electron chi connectivity index (χ3n) is 1.62. The second-order valence-electron chi connectivity index (χ2n) is 2.51. The topological polar surface area (TPSA) is 63.3 Å². The van der Waals surface area contributed by atoms with Crippen molar-refractivity contribution in [1.82, 2.24) is 0 Å². The fourth-order valence-corrected chi connectivity index (χ4v) is 1.09. The molecule has 0 bridgehead atoms. The Morgan fingerprint density at radius 1 is 1.50 bits per heavy atom. The molecule has 1 aromatic carbocycles. The molecular weight excluding hydrogens is 216 g/mol. The molecule has 76 valence electrons. The fraction of sp³-hybridized carbons (Fsp3) is 0.125. The maximum absolute atomic E-state index is 13.0. The van der Waals surface area contributed by atoms with Crippen molar-refractivity contribution in [3.05, 3.63) is 28.3 Å². The van der Waals surface area contributed by atoms with Gasteiger partial charge in [0.2, 0.25) is 5.82 Å². The molecule has 0 saturated carbocycles. The molecule has 14 heavy (non-hydrogen) atoms. The number of Topliss-reactive ketones (excluding diaryl/α,β-unsaturated/α-hetero) is 1. The number of benzene rings is 1. The second-order valence-corrected chi connectivity index (χ2v) is 2.92. The van der Waals surface area contributed by atoms with Gasteiger partial charge in [-0.3, -0.25) is 4.79 Å². The number of ketones is 1. The van der Waals surface area contributed by atoms with E-state index >= 15 is 0 Å². The van der Waals surface area contributed by atoms with Gasteiger partial charge < -0.3 is 10.8 Å². The number of carbonyl (C=O) groups excluding carboxylic acids is 1. The third-order valence-corrected chi connectivity index (χ3v) is 1.91. The highest BCUT2D eigenvalue weighted by Crippen LogP contribution is 2.30. The smallest absolute Gasteiger partial charge is 0.202 e.